The van der Waals surface area contributed by atoms with E-state index in [4.69, 9.17) is 15.2 Å². The predicted molar refractivity (Wildman–Crippen MR) is 61.9 cm³/mol. The molecule has 1 aromatic carbocycles. The highest BCUT2D eigenvalue weighted by Crippen LogP contribution is 2.22. The first-order chi connectivity index (χ1) is 7.17. The first-order valence-electron chi connectivity index (χ1n) is 5.21. The van der Waals surface area contributed by atoms with Gasteiger partial charge in [0.25, 0.3) is 0 Å². The molecule has 0 saturated heterocycles. The Hall–Kier alpha value is -1.22. The van der Waals surface area contributed by atoms with Crippen LogP contribution in [0.3, 0.4) is 0 Å². The van der Waals surface area contributed by atoms with Crippen LogP contribution in [-0.2, 0) is 11.3 Å². The van der Waals surface area contributed by atoms with Gasteiger partial charge in [-0.15, -0.1) is 0 Å². The van der Waals surface area contributed by atoms with Crippen molar-refractivity contribution in [2.45, 2.75) is 33.0 Å². The second kappa shape index (κ2) is 5.61. The van der Waals surface area contributed by atoms with E-state index in [-0.39, 0.29) is 6.10 Å². The van der Waals surface area contributed by atoms with E-state index >= 15 is 0 Å². The summed E-state index contributed by atoms with van der Waals surface area (Å²) in [6.45, 7) is 4.77. The molecule has 1 atom stereocenters. The molecular formula is C12H19NO2. The summed E-state index contributed by atoms with van der Waals surface area (Å²) in [6, 6.07) is 5.73. The number of nitrogens with two attached hydrogens (primary N) is 1. The number of nitrogen functional groups attached to an aromatic ring is 1. The van der Waals surface area contributed by atoms with Crippen LogP contribution in [0.4, 0.5) is 5.69 Å². The van der Waals surface area contributed by atoms with Crippen molar-refractivity contribution in [2.75, 3.05) is 12.8 Å². The Morgan fingerprint density at radius 2 is 2.13 bits per heavy atom. The predicted octanol–water partition coefficient (Wildman–Crippen LogP) is 2.59. The minimum Gasteiger partial charge on any atom is -0.495 e. The fourth-order valence-electron chi connectivity index (χ4n) is 1.23. The van der Waals surface area contributed by atoms with Gasteiger partial charge in [-0.3, -0.25) is 0 Å². The molecule has 0 fully saturated rings. The van der Waals surface area contributed by atoms with Crippen molar-refractivity contribution in [1.82, 2.24) is 0 Å². The number of hydrogen-bond donors (Lipinski definition) is 1. The van der Waals surface area contributed by atoms with Gasteiger partial charge in [-0.1, -0.05) is 13.0 Å². The third-order valence-electron chi connectivity index (χ3n) is 2.40. The molecule has 0 radical (unpaired) electrons. The molecule has 1 rings (SSSR count). The highest BCUT2D eigenvalue weighted by molar-refractivity contribution is 5.54. The van der Waals surface area contributed by atoms with E-state index < -0.39 is 0 Å². The maximum absolute atomic E-state index is 5.79. The zero-order valence-corrected chi connectivity index (χ0v) is 9.62. The van der Waals surface area contributed by atoms with E-state index in [0.717, 1.165) is 12.0 Å². The summed E-state index contributed by atoms with van der Waals surface area (Å²) < 4.78 is 10.7. The second-order valence-corrected chi connectivity index (χ2v) is 3.61. The maximum Gasteiger partial charge on any atom is 0.141 e. The molecule has 3 heteroatoms. The summed E-state index contributed by atoms with van der Waals surface area (Å²) in [5, 5.41) is 0. The number of rotatable bonds is 5. The first-order valence-corrected chi connectivity index (χ1v) is 5.21. The van der Waals surface area contributed by atoms with Crippen molar-refractivity contribution < 1.29 is 9.47 Å². The standard InChI is InChI=1S/C12H19NO2/c1-4-9(2)15-8-10-5-6-12(14-3)11(13)7-10/h5-7,9H,4,8,13H2,1-3H3. The number of hydrogen-bond acceptors (Lipinski definition) is 3. The highest BCUT2D eigenvalue weighted by atomic mass is 16.5. The zero-order valence-electron chi connectivity index (χ0n) is 9.62. The lowest BCUT2D eigenvalue weighted by Crippen LogP contribution is -2.06. The van der Waals surface area contributed by atoms with Gasteiger partial charge in [0.1, 0.15) is 5.75 Å². The first kappa shape index (κ1) is 11.9. The minimum absolute atomic E-state index is 0.285. The van der Waals surface area contributed by atoms with Crippen LogP contribution in [0, 0.1) is 0 Å². The van der Waals surface area contributed by atoms with Crippen molar-refractivity contribution in [1.29, 1.82) is 0 Å². The Balaban J connectivity index is 2.59. The number of methoxy groups -OCH3 is 1. The molecule has 1 aromatic rings. The van der Waals surface area contributed by atoms with Gasteiger partial charge >= 0.3 is 0 Å². The van der Waals surface area contributed by atoms with Crippen LogP contribution < -0.4 is 10.5 Å². The highest BCUT2D eigenvalue weighted by Gasteiger charge is 2.03. The Bertz CT molecular complexity index is 312. The molecule has 15 heavy (non-hydrogen) atoms. The average molecular weight is 209 g/mol. The van der Waals surface area contributed by atoms with Crippen molar-refractivity contribution in [2.24, 2.45) is 0 Å². The zero-order chi connectivity index (χ0) is 11.3. The summed E-state index contributed by atoms with van der Waals surface area (Å²) in [7, 11) is 1.61. The molecule has 0 aliphatic heterocycles. The van der Waals surface area contributed by atoms with Gasteiger partial charge in [-0.2, -0.15) is 0 Å². The lowest BCUT2D eigenvalue weighted by Gasteiger charge is -2.11. The SMILES string of the molecule is CCC(C)OCc1ccc(OC)c(N)c1. The third kappa shape index (κ3) is 3.44. The van der Waals surface area contributed by atoms with Gasteiger partial charge in [0, 0.05) is 0 Å². The van der Waals surface area contributed by atoms with E-state index in [2.05, 4.69) is 13.8 Å². The van der Waals surface area contributed by atoms with Crippen LogP contribution in [0.15, 0.2) is 18.2 Å². The van der Waals surface area contributed by atoms with Gasteiger partial charge in [0.15, 0.2) is 0 Å². The van der Waals surface area contributed by atoms with Crippen molar-refractivity contribution in [3.8, 4) is 5.75 Å². The summed E-state index contributed by atoms with van der Waals surface area (Å²) in [4.78, 5) is 0. The van der Waals surface area contributed by atoms with Gasteiger partial charge in [0.2, 0.25) is 0 Å². The fourth-order valence-corrected chi connectivity index (χ4v) is 1.23. The van der Waals surface area contributed by atoms with Crippen LogP contribution in [-0.4, -0.2) is 13.2 Å². The normalized spacial score (nSPS) is 12.5. The van der Waals surface area contributed by atoms with Crippen LogP contribution in [0.2, 0.25) is 0 Å². The molecule has 1 unspecified atom stereocenters. The second-order valence-electron chi connectivity index (χ2n) is 3.61. The van der Waals surface area contributed by atoms with Crippen LogP contribution in [0.5, 0.6) is 5.75 Å². The molecule has 84 valence electrons. The van der Waals surface area contributed by atoms with Gasteiger partial charge in [0.05, 0.1) is 25.5 Å². The van der Waals surface area contributed by atoms with Crippen LogP contribution >= 0.6 is 0 Å². The molecule has 0 amide bonds. The molecule has 0 aromatic heterocycles. The molecule has 0 saturated carbocycles. The quantitative estimate of drug-likeness (QED) is 0.758. The van der Waals surface area contributed by atoms with Crippen molar-refractivity contribution >= 4 is 5.69 Å². The Labute approximate surface area is 91.2 Å². The van der Waals surface area contributed by atoms with E-state index in [1.165, 1.54) is 0 Å². The lowest BCUT2D eigenvalue weighted by molar-refractivity contribution is 0.0508. The number of anilines is 1. The molecule has 0 heterocycles. The molecule has 0 spiro atoms. The summed E-state index contributed by atoms with van der Waals surface area (Å²) in [6.07, 6.45) is 1.30. The monoisotopic (exact) mass is 209 g/mol. The molecule has 0 aliphatic carbocycles. The molecular weight excluding hydrogens is 190 g/mol. The minimum atomic E-state index is 0.285. The van der Waals surface area contributed by atoms with E-state index in [9.17, 15) is 0 Å². The smallest absolute Gasteiger partial charge is 0.141 e. The number of benzene rings is 1. The molecule has 0 bridgehead atoms. The van der Waals surface area contributed by atoms with Crippen molar-refractivity contribution in [3.05, 3.63) is 23.8 Å². The molecule has 3 nitrogen and oxygen atoms in total. The summed E-state index contributed by atoms with van der Waals surface area (Å²) >= 11 is 0. The lowest BCUT2D eigenvalue weighted by atomic mass is 10.2. The average Bonchev–Trinajstić information content (AvgIpc) is 2.26. The van der Waals surface area contributed by atoms with Crippen LogP contribution in [0.1, 0.15) is 25.8 Å². The van der Waals surface area contributed by atoms with E-state index in [1.54, 1.807) is 7.11 Å². The Morgan fingerprint density at radius 3 is 2.67 bits per heavy atom. The molecule has 0 aliphatic rings. The topological polar surface area (TPSA) is 44.5 Å². The Kier molecular flexibility index (Phi) is 4.43. The van der Waals surface area contributed by atoms with Crippen molar-refractivity contribution in [3.63, 3.8) is 0 Å². The largest absolute Gasteiger partial charge is 0.495 e. The Morgan fingerprint density at radius 1 is 1.40 bits per heavy atom. The fraction of sp³-hybridized carbons (Fsp3) is 0.500. The third-order valence-corrected chi connectivity index (χ3v) is 2.40. The van der Waals surface area contributed by atoms with Gasteiger partial charge < -0.3 is 15.2 Å². The van der Waals surface area contributed by atoms with Crippen LogP contribution in [0.25, 0.3) is 0 Å². The molecule has 2 N–H and O–H groups in total. The number of ether oxygens (including phenoxy) is 2. The van der Waals surface area contributed by atoms with E-state index in [1.807, 2.05) is 18.2 Å². The maximum atomic E-state index is 5.79. The van der Waals surface area contributed by atoms with Gasteiger partial charge in [-0.25, -0.2) is 0 Å². The van der Waals surface area contributed by atoms with Gasteiger partial charge in [-0.05, 0) is 31.0 Å². The summed E-state index contributed by atoms with van der Waals surface area (Å²) in [5.74, 6) is 0.710. The van der Waals surface area contributed by atoms with E-state index in [0.29, 0.717) is 18.0 Å². The summed E-state index contributed by atoms with van der Waals surface area (Å²) in [5.41, 5.74) is 7.52.